The number of nitrogens with one attached hydrogen (secondary N) is 1. The predicted molar refractivity (Wildman–Crippen MR) is 167 cm³/mol. The van der Waals surface area contributed by atoms with Crippen molar-refractivity contribution in [3.8, 4) is 0 Å². The molecule has 0 spiro atoms. The molecule has 0 bridgehead atoms. The second kappa shape index (κ2) is 12.1. The fourth-order valence-electron chi connectivity index (χ4n) is 5.50. The number of fused-ring (bicyclic) bond motifs is 2. The van der Waals surface area contributed by atoms with E-state index in [1.54, 1.807) is 19.1 Å². The van der Waals surface area contributed by atoms with Gasteiger partial charge in [-0.2, -0.15) is 0 Å². The van der Waals surface area contributed by atoms with Crippen molar-refractivity contribution in [2.75, 3.05) is 16.8 Å². The van der Waals surface area contributed by atoms with Gasteiger partial charge in [0.25, 0.3) is 5.69 Å². The number of thiazole rings is 1. The molecule has 2 aliphatic rings. The van der Waals surface area contributed by atoms with E-state index in [9.17, 15) is 34.1 Å². The third-order valence-corrected chi connectivity index (χ3v) is 10.1. The van der Waals surface area contributed by atoms with Crippen molar-refractivity contribution in [1.82, 2.24) is 4.57 Å². The number of amides is 3. The number of anilines is 2. The zero-order valence-corrected chi connectivity index (χ0v) is 25.2. The molecule has 6 rings (SSSR count). The molecule has 14 heteroatoms. The van der Waals surface area contributed by atoms with Gasteiger partial charge in [-0.3, -0.25) is 33.9 Å². The summed E-state index contributed by atoms with van der Waals surface area (Å²) in [6, 6.07) is 20.4. The van der Waals surface area contributed by atoms with E-state index in [0.29, 0.717) is 21.2 Å². The van der Waals surface area contributed by atoms with Gasteiger partial charge in [0.05, 0.1) is 33.7 Å². The van der Waals surface area contributed by atoms with Crippen molar-refractivity contribution in [3.63, 3.8) is 0 Å². The molecule has 2 unspecified atom stereocenters. The van der Waals surface area contributed by atoms with Gasteiger partial charge < -0.3 is 10.1 Å². The minimum atomic E-state index is -0.899. The van der Waals surface area contributed by atoms with Gasteiger partial charge in [-0.05, 0) is 48.9 Å². The molecular weight excluding hydrogens is 620 g/mol. The predicted octanol–water partition coefficient (Wildman–Crippen LogP) is 4.43. The number of carbonyl (C=O) groups is 4. The van der Waals surface area contributed by atoms with E-state index in [-0.39, 0.29) is 24.5 Å². The average Bonchev–Trinajstić information content (AvgIpc) is 3.48. The van der Waals surface area contributed by atoms with Crippen LogP contribution in [0.15, 0.2) is 88.7 Å². The summed E-state index contributed by atoms with van der Waals surface area (Å²) in [7, 11) is 0. The average molecular weight is 645 g/mol. The van der Waals surface area contributed by atoms with E-state index in [1.165, 1.54) is 41.0 Å². The molecule has 0 radical (unpaired) electrons. The van der Waals surface area contributed by atoms with E-state index in [4.69, 9.17) is 4.74 Å². The number of hydrogen-bond acceptors (Lipinski definition) is 10. The lowest BCUT2D eigenvalue weighted by molar-refractivity contribution is -0.384. The van der Waals surface area contributed by atoms with Crippen LogP contribution in [0.1, 0.15) is 33.6 Å². The van der Waals surface area contributed by atoms with Crippen LogP contribution in [0, 0.1) is 16.0 Å². The second-order valence-corrected chi connectivity index (χ2v) is 12.3. The van der Waals surface area contributed by atoms with Crippen LogP contribution in [0.2, 0.25) is 0 Å². The van der Waals surface area contributed by atoms with E-state index < -0.39 is 50.6 Å². The number of ether oxygens (including phenoxy) is 1. The highest BCUT2D eigenvalue weighted by Crippen LogP contribution is 2.53. The summed E-state index contributed by atoms with van der Waals surface area (Å²) >= 11 is 2.00. The first-order valence-electron chi connectivity index (χ1n) is 13.8. The van der Waals surface area contributed by atoms with Crippen LogP contribution < -0.4 is 15.1 Å². The minimum Gasteiger partial charge on any atom is -0.462 e. The number of nitro groups is 1. The summed E-state index contributed by atoms with van der Waals surface area (Å²) in [5.74, 6) is -3.44. The van der Waals surface area contributed by atoms with Crippen LogP contribution in [-0.4, -0.2) is 45.0 Å². The Hall–Kier alpha value is -5.08. The molecular formula is C31H24N4O8S2. The zero-order chi connectivity index (χ0) is 31.8. The molecule has 1 aromatic heterocycles. The molecule has 1 N–H and O–H groups in total. The number of nitrogens with zero attached hydrogens (tertiary/aromatic N) is 3. The van der Waals surface area contributed by atoms with Crippen molar-refractivity contribution in [1.29, 1.82) is 0 Å². The van der Waals surface area contributed by atoms with Gasteiger partial charge in [0.1, 0.15) is 11.8 Å². The molecule has 3 aromatic carbocycles. The number of thioether (sulfide) groups is 1. The van der Waals surface area contributed by atoms with Gasteiger partial charge in [-0.1, -0.05) is 53.4 Å². The van der Waals surface area contributed by atoms with Gasteiger partial charge in [0.15, 0.2) is 0 Å². The molecule has 4 aromatic rings. The Morgan fingerprint density at radius 3 is 2.29 bits per heavy atom. The molecule has 1 fully saturated rings. The summed E-state index contributed by atoms with van der Waals surface area (Å²) in [6.07, 6.45) is 0. The van der Waals surface area contributed by atoms with Gasteiger partial charge in [-0.25, -0.2) is 9.69 Å². The van der Waals surface area contributed by atoms with E-state index in [2.05, 4.69) is 5.32 Å². The van der Waals surface area contributed by atoms with Gasteiger partial charge >= 0.3 is 10.8 Å². The number of non-ortho nitro benzene ring substituents is 1. The monoisotopic (exact) mass is 644 g/mol. The lowest BCUT2D eigenvalue weighted by Gasteiger charge is -2.30. The van der Waals surface area contributed by atoms with Crippen molar-refractivity contribution >= 4 is 63.9 Å². The van der Waals surface area contributed by atoms with Crippen LogP contribution in [0.3, 0.4) is 0 Å². The van der Waals surface area contributed by atoms with Crippen LogP contribution in [-0.2, 0) is 25.7 Å². The Kier molecular flexibility index (Phi) is 8.08. The Bertz CT molecular complexity index is 1890. The highest BCUT2D eigenvalue weighted by atomic mass is 32.2. The Morgan fingerprint density at radius 1 is 0.956 bits per heavy atom. The zero-order valence-electron chi connectivity index (χ0n) is 23.6. The number of hydrogen-bond donors (Lipinski definition) is 1. The summed E-state index contributed by atoms with van der Waals surface area (Å²) < 4.78 is 6.29. The van der Waals surface area contributed by atoms with Gasteiger partial charge in [0.2, 0.25) is 17.7 Å². The highest BCUT2D eigenvalue weighted by Gasteiger charge is 2.56. The first-order chi connectivity index (χ1) is 21.7. The third-order valence-electron chi connectivity index (χ3n) is 7.51. The lowest BCUT2D eigenvalue weighted by Crippen LogP contribution is -2.33. The first-order valence-corrected chi connectivity index (χ1v) is 15.5. The SMILES string of the molecule is CCOC(=O)c1ccc(NC(=O)Cn2c3c(sc2=O)[C@H](c2ccccc2)C2C(=O)N(c4ccc([N+](=O)[O-])cc4)C(=O)C2S3)cc1. The quantitative estimate of drug-likeness (QED) is 0.127. The Balaban J connectivity index is 1.31. The maximum absolute atomic E-state index is 13.9. The maximum atomic E-state index is 13.9. The van der Waals surface area contributed by atoms with Gasteiger partial charge in [0, 0.05) is 28.6 Å². The van der Waals surface area contributed by atoms with E-state index >= 15 is 0 Å². The Morgan fingerprint density at radius 2 is 1.64 bits per heavy atom. The molecule has 1 saturated heterocycles. The molecule has 45 heavy (non-hydrogen) atoms. The largest absolute Gasteiger partial charge is 0.462 e. The van der Waals surface area contributed by atoms with Crippen molar-refractivity contribution in [2.24, 2.45) is 5.92 Å². The van der Waals surface area contributed by atoms with E-state index in [0.717, 1.165) is 33.6 Å². The molecule has 3 amide bonds. The number of nitro benzene ring substituents is 1. The number of benzene rings is 3. The van der Waals surface area contributed by atoms with Crippen LogP contribution in [0.25, 0.3) is 0 Å². The summed E-state index contributed by atoms with van der Waals surface area (Å²) in [5.41, 5.74) is 1.52. The van der Waals surface area contributed by atoms with Crippen LogP contribution in [0.4, 0.5) is 17.1 Å². The maximum Gasteiger partial charge on any atom is 0.338 e. The topological polar surface area (TPSA) is 158 Å². The molecule has 3 heterocycles. The van der Waals surface area contributed by atoms with Crippen molar-refractivity contribution < 1.29 is 28.8 Å². The summed E-state index contributed by atoms with van der Waals surface area (Å²) in [5, 5.41) is 13.4. The van der Waals surface area contributed by atoms with Gasteiger partial charge in [-0.15, -0.1) is 0 Å². The standard InChI is InChI=1S/C31H24N4O8S2/c1-2-43-30(39)18-8-10-19(11-9-18)32-22(36)16-33-29-26(45-31(33)40)23(17-6-4-3-5-7-17)24-25(44-29)28(38)34(27(24)37)20-12-14-21(15-13-20)35(41)42/h3-15,23-25H,2,16H2,1H3,(H,32,36)/t23-,24?,25?/m1/s1. The normalized spacial score (nSPS) is 18.7. The molecule has 0 aliphatic carbocycles. The second-order valence-electron chi connectivity index (χ2n) is 10.2. The first kappa shape index (κ1) is 30.0. The highest BCUT2D eigenvalue weighted by molar-refractivity contribution is 8.00. The van der Waals surface area contributed by atoms with Crippen molar-refractivity contribution in [2.45, 2.75) is 29.7 Å². The fraction of sp³-hybridized carbons (Fsp3) is 0.194. The fourth-order valence-corrected chi connectivity index (χ4v) is 8.27. The molecule has 0 saturated carbocycles. The number of aromatic nitrogens is 1. The lowest BCUT2D eigenvalue weighted by atomic mass is 9.83. The molecule has 2 aliphatic heterocycles. The number of carbonyl (C=O) groups excluding carboxylic acids is 4. The summed E-state index contributed by atoms with van der Waals surface area (Å²) in [4.78, 5) is 77.9. The van der Waals surface area contributed by atoms with E-state index in [1.807, 2.05) is 30.3 Å². The third kappa shape index (κ3) is 5.53. The van der Waals surface area contributed by atoms with Crippen molar-refractivity contribution in [3.05, 3.63) is 115 Å². The molecule has 228 valence electrons. The Labute approximate surface area is 263 Å². The minimum absolute atomic E-state index is 0.175. The molecule has 12 nitrogen and oxygen atoms in total. The summed E-state index contributed by atoms with van der Waals surface area (Å²) in [6.45, 7) is 1.59. The smallest absolute Gasteiger partial charge is 0.338 e. The number of rotatable bonds is 8. The number of esters is 1. The van der Waals surface area contributed by atoms with Crippen LogP contribution in [0.5, 0.6) is 0 Å². The van der Waals surface area contributed by atoms with Crippen LogP contribution >= 0.6 is 23.1 Å². The molecule has 3 atom stereocenters. The number of imide groups is 1.